The maximum atomic E-state index is 13.7. The second-order valence-electron chi connectivity index (χ2n) is 9.44. The minimum atomic E-state index is -4.15. The van der Waals surface area contributed by atoms with Crippen LogP contribution in [0.5, 0.6) is 23.0 Å². The third-order valence-corrected chi connectivity index (χ3v) is 8.76. The lowest BCUT2D eigenvalue weighted by Gasteiger charge is -2.34. The Balaban J connectivity index is 1.75. The van der Waals surface area contributed by atoms with Gasteiger partial charge in [0.25, 0.3) is 15.9 Å². The number of hydrogen-bond donors (Lipinski definition) is 2. The number of nitrogens with zero attached hydrogens (tertiary/aromatic N) is 2. The molecular weight excluding hydrogens is 610 g/mol. The molecular formula is C30H35N3O9S2. The van der Waals surface area contributed by atoms with Gasteiger partial charge in [-0.15, -0.1) is 11.8 Å². The number of hydrogen-bond acceptors (Lipinski definition) is 10. The van der Waals surface area contributed by atoms with Crippen LogP contribution in [0.1, 0.15) is 17.3 Å². The van der Waals surface area contributed by atoms with Crippen molar-refractivity contribution in [1.29, 1.82) is 0 Å². The summed E-state index contributed by atoms with van der Waals surface area (Å²) in [6.07, 6.45) is 1.44. The quantitative estimate of drug-likeness (QED) is 0.274. The molecule has 0 spiro atoms. The van der Waals surface area contributed by atoms with Gasteiger partial charge in [0.15, 0.2) is 23.0 Å². The summed E-state index contributed by atoms with van der Waals surface area (Å²) in [5.74, 6) is 0.229. The molecule has 1 fully saturated rings. The first-order chi connectivity index (χ1) is 21.2. The van der Waals surface area contributed by atoms with E-state index in [1.54, 1.807) is 48.2 Å². The van der Waals surface area contributed by atoms with E-state index in [-0.39, 0.29) is 79.4 Å². The Hall–Kier alpha value is -4.14. The number of ether oxygens (including phenoxy) is 4. The fourth-order valence-corrected chi connectivity index (χ4v) is 5.89. The predicted molar refractivity (Wildman–Crippen MR) is 166 cm³/mol. The SMILES string of the molecule is CCOC(=O)N1CCN(C(=O)c2cc(NS(=O)(=O)c3ccc(SC)cc3)c(Oc3ccccc3OC)c(OCCO)c2)CC1. The molecule has 3 aromatic carbocycles. The van der Waals surface area contributed by atoms with Crippen molar-refractivity contribution < 1.29 is 42.1 Å². The molecule has 1 heterocycles. The molecule has 1 aliphatic heterocycles. The van der Waals surface area contributed by atoms with Gasteiger partial charge in [-0.25, -0.2) is 13.2 Å². The van der Waals surface area contributed by atoms with Gasteiger partial charge >= 0.3 is 6.09 Å². The Kier molecular flexibility index (Phi) is 11.2. The highest BCUT2D eigenvalue weighted by Gasteiger charge is 2.29. The smallest absolute Gasteiger partial charge is 0.409 e. The van der Waals surface area contributed by atoms with Gasteiger partial charge in [0.2, 0.25) is 0 Å². The van der Waals surface area contributed by atoms with Crippen molar-refractivity contribution >= 4 is 39.5 Å². The summed E-state index contributed by atoms with van der Waals surface area (Å²) in [5.41, 5.74) is 0.0548. The van der Waals surface area contributed by atoms with Crippen LogP contribution in [0.2, 0.25) is 0 Å². The van der Waals surface area contributed by atoms with Crippen LogP contribution in [0, 0.1) is 0 Å². The van der Waals surface area contributed by atoms with Crippen molar-refractivity contribution in [2.24, 2.45) is 0 Å². The van der Waals surface area contributed by atoms with Crippen LogP contribution in [0.3, 0.4) is 0 Å². The Morgan fingerprint density at radius 2 is 1.61 bits per heavy atom. The summed E-state index contributed by atoms with van der Waals surface area (Å²) < 4.78 is 52.1. The van der Waals surface area contributed by atoms with Crippen LogP contribution in [0.4, 0.5) is 10.5 Å². The van der Waals surface area contributed by atoms with Gasteiger partial charge in [0.1, 0.15) is 6.61 Å². The summed E-state index contributed by atoms with van der Waals surface area (Å²) in [5, 5.41) is 9.51. The van der Waals surface area contributed by atoms with E-state index in [4.69, 9.17) is 18.9 Å². The molecule has 0 unspecified atom stereocenters. The topological polar surface area (TPSA) is 144 Å². The van der Waals surface area contributed by atoms with Crippen molar-refractivity contribution in [2.75, 3.05) is 64.1 Å². The molecule has 3 aromatic rings. The molecule has 0 bridgehead atoms. The minimum Gasteiger partial charge on any atom is -0.493 e. The molecule has 236 valence electrons. The third-order valence-electron chi connectivity index (χ3n) is 6.64. The summed E-state index contributed by atoms with van der Waals surface area (Å²) in [6, 6.07) is 15.9. The van der Waals surface area contributed by atoms with Crippen molar-refractivity contribution in [2.45, 2.75) is 16.7 Å². The highest BCUT2D eigenvalue weighted by atomic mass is 32.2. The number of sulfonamides is 1. The zero-order valence-electron chi connectivity index (χ0n) is 24.6. The molecule has 2 N–H and O–H groups in total. The number of carbonyl (C=O) groups is 2. The minimum absolute atomic E-state index is 0.00295. The number of rotatable bonds is 12. The number of nitrogens with one attached hydrogen (secondary N) is 1. The lowest BCUT2D eigenvalue weighted by molar-refractivity contribution is 0.0570. The molecule has 4 rings (SSSR count). The first kappa shape index (κ1) is 32.8. The molecule has 12 nitrogen and oxygen atoms in total. The number of thioether (sulfide) groups is 1. The number of piperazine rings is 1. The maximum absolute atomic E-state index is 13.7. The average molecular weight is 646 g/mol. The van der Waals surface area contributed by atoms with E-state index in [0.717, 1.165) is 4.90 Å². The number of benzene rings is 3. The molecule has 0 aromatic heterocycles. The highest BCUT2D eigenvalue weighted by molar-refractivity contribution is 7.98. The fourth-order valence-electron chi connectivity index (χ4n) is 4.43. The molecule has 14 heteroatoms. The number of methoxy groups -OCH3 is 1. The second-order valence-corrected chi connectivity index (χ2v) is 12.0. The summed E-state index contributed by atoms with van der Waals surface area (Å²) in [7, 11) is -2.69. The molecule has 44 heavy (non-hydrogen) atoms. The average Bonchev–Trinajstić information content (AvgIpc) is 3.04. The van der Waals surface area contributed by atoms with Crippen LogP contribution in [0.15, 0.2) is 70.5 Å². The number of para-hydroxylation sites is 2. The summed E-state index contributed by atoms with van der Waals surface area (Å²) in [4.78, 5) is 29.8. The second kappa shape index (κ2) is 15.0. The first-order valence-electron chi connectivity index (χ1n) is 13.8. The fraction of sp³-hybridized carbons (Fsp3) is 0.333. The summed E-state index contributed by atoms with van der Waals surface area (Å²) >= 11 is 1.48. The summed E-state index contributed by atoms with van der Waals surface area (Å²) in [6.45, 7) is 2.52. The van der Waals surface area contributed by atoms with Crippen molar-refractivity contribution in [3.63, 3.8) is 0 Å². The van der Waals surface area contributed by atoms with Gasteiger partial charge in [-0.1, -0.05) is 12.1 Å². The Bertz CT molecular complexity index is 1560. The van der Waals surface area contributed by atoms with E-state index in [2.05, 4.69) is 4.72 Å². The third kappa shape index (κ3) is 7.87. The van der Waals surface area contributed by atoms with E-state index >= 15 is 0 Å². The monoisotopic (exact) mass is 645 g/mol. The van der Waals surface area contributed by atoms with Gasteiger partial charge in [-0.2, -0.15) is 0 Å². The van der Waals surface area contributed by atoms with Gasteiger partial charge in [-0.3, -0.25) is 9.52 Å². The Labute approximate surface area is 260 Å². The van der Waals surface area contributed by atoms with E-state index in [1.165, 1.54) is 48.0 Å². The normalized spacial score (nSPS) is 13.3. The molecule has 0 saturated carbocycles. The van der Waals surface area contributed by atoms with Crippen molar-refractivity contribution in [3.05, 3.63) is 66.2 Å². The van der Waals surface area contributed by atoms with E-state index in [9.17, 15) is 23.1 Å². The van der Waals surface area contributed by atoms with E-state index in [1.807, 2.05) is 6.26 Å². The molecule has 0 radical (unpaired) electrons. The molecule has 1 saturated heterocycles. The largest absolute Gasteiger partial charge is 0.493 e. The number of anilines is 1. The Morgan fingerprint density at radius 1 is 0.955 bits per heavy atom. The van der Waals surface area contributed by atoms with Gasteiger partial charge in [0.05, 0.1) is 30.9 Å². The maximum Gasteiger partial charge on any atom is 0.409 e. The molecule has 1 aliphatic rings. The van der Waals surface area contributed by atoms with Gasteiger partial charge < -0.3 is 33.9 Å². The number of amides is 2. The zero-order valence-corrected chi connectivity index (χ0v) is 26.3. The molecule has 0 aliphatic carbocycles. The standard InChI is InChI=1S/C30H35N3O9S2/c1-4-40-30(36)33-15-13-32(14-16-33)29(35)21-19-24(31-44(37,38)23-11-9-22(43-3)10-12-23)28(27(20-21)41-18-17-34)42-26-8-6-5-7-25(26)39-2/h5-12,19-20,31,34H,4,13-18H2,1-3H3. The van der Waals surface area contributed by atoms with Crippen LogP contribution < -0.4 is 18.9 Å². The van der Waals surface area contributed by atoms with Crippen molar-refractivity contribution in [3.8, 4) is 23.0 Å². The molecule has 0 atom stereocenters. The molecule has 2 amide bonds. The van der Waals surface area contributed by atoms with Crippen LogP contribution in [0.25, 0.3) is 0 Å². The van der Waals surface area contributed by atoms with Gasteiger partial charge in [0, 0.05) is 36.6 Å². The van der Waals surface area contributed by atoms with Crippen LogP contribution >= 0.6 is 11.8 Å². The highest BCUT2D eigenvalue weighted by Crippen LogP contribution is 2.43. The van der Waals surface area contributed by atoms with E-state index in [0.29, 0.717) is 5.75 Å². The number of aliphatic hydroxyl groups excluding tert-OH is 1. The number of aliphatic hydroxyl groups is 1. The lowest BCUT2D eigenvalue weighted by Crippen LogP contribution is -2.50. The lowest BCUT2D eigenvalue weighted by atomic mass is 10.1. The number of carbonyl (C=O) groups excluding carboxylic acids is 2. The Morgan fingerprint density at radius 3 is 2.23 bits per heavy atom. The van der Waals surface area contributed by atoms with Crippen molar-refractivity contribution in [1.82, 2.24) is 9.80 Å². The zero-order chi connectivity index (χ0) is 31.7. The van der Waals surface area contributed by atoms with Crippen LogP contribution in [-0.2, 0) is 14.8 Å². The van der Waals surface area contributed by atoms with E-state index < -0.39 is 22.0 Å². The first-order valence-corrected chi connectivity index (χ1v) is 16.5. The predicted octanol–water partition coefficient (Wildman–Crippen LogP) is 4.30. The van der Waals surface area contributed by atoms with Crippen LogP contribution in [-0.4, -0.2) is 94.7 Å². The van der Waals surface area contributed by atoms with Gasteiger partial charge in [-0.05, 0) is 61.7 Å².